The summed E-state index contributed by atoms with van der Waals surface area (Å²) in [5.41, 5.74) is 0.583. The first-order valence-corrected chi connectivity index (χ1v) is 9.00. The largest absolute Gasteiger partial charge is 0.491 e. The molecule has 7 nitrogen and oxygen atoms in total. The normalized spacial score (nSPS) is 16.1. The smallest absolute Gasteiger partial charge is 0.289 e. The van der Waals surface area contributed by atoms with Gasteiger partial charge in [0.05, 0.1) is 6.26 Å². The highest BCUT2D eigenvalue weighted by molar-refractivity contribution is 5.94. The maximum atomic E-state index is 12.2. The van der Waals surface area contributed by atoms with Gasteiger partial charge in [-0.2, -0.15) is 0 Å². The van der Waals surface area contributed by atoms with Crippen LogP contribution < -0.4 is 4.74 Å². The van der Waals surface area contributed by atoms with E-state index in [4.69, 9.17) is 9.15 Å². The number of β-amino-alcohol motifs (C(OH)–C–C–N with tert-alkyl or cyclic N) is 1. The fourth-order valence-electron chi connectivity index (χ4n) is 3.04. The molecule has 0 aliphatic carbocycles. The minimum Gasteiger partial charge on any atom is -0.491 e. The minimum absolute atomic E-state index is 0.0250. The van der Waals surface area contributed by atoms with E-state index in [2.05, 4.69) is 4.90 Å². The van der Waals surface area contributed by atoms with Crippen molar-refractivity contribution in [1.29, 1.82) is 0 Å². The van der Waals surface area contributed by atoms with Crippen molar-refractivity contribution in [3.8, 4) is 5.75 Å². The van der Waals surface area contributed by atoms with E-state index in [0.29, 0.717) is 49.8 Å². The van der Waals surface area contributed by atoms with Crippen molar-refractivity contribution in [2.24, 2.45) is 0 Å². The Kier molecular flexibility index (Phi) is 6.26. The summed E-state index contributed by atoms with van der Waals surface area (Å²) in [6.07, 6.45) is 0.838. The molecule has 1 aromatic carbocycles. The summed E-state index contributed by atoms with van der Waals surface area (Å²) >= 11 is 0. The molecule has 2 aromatic rings. The van der Waals surface area contributed by atoms with Gasteiger partial charge in [-0.3, -0.25) is 14.5 Å². The standard InChI is InChI=1S/C20H24N2O5/c1-15(23)16-4-2-5-18(12-16)27-14-17(24)13-21-7-9-22(10-8-21)20(25)19-6-3-11-26-19/h2-6,11-12,17,24H,7-10,13-14H2,1H3/t17-/m0/s1. The molecule has 2 heterocycles. The predicted molar refractivity (Wildman–Crippen MR) is 99.0 cm³/mol. The van der Waals surface area contributed by atoms with Crippen molar-refractivity contribution in [1.82, 2.24) is 9.80 Å². The number of hydrogen-bond donors (Lipinski definition) is 1. The lowest BCUT2D eigenvalue weighted by atomic mass is 10.1. The van der Waals surface area contributed by atoms with Gasteiger partial charge >= 0.3 is 0 Å². The Morgan fingerprint density at radius 1 is 1.19 bits per heavy atom. The molecule has 1 saturated heterocycles. The molecule has 1 aliphatic heterocycles. The Hall–Kier alpha value is -2.64. The molecule has 0 bridgehead atoms. The highest BCUT2D eigenvalue weighted by atomic mass is 16.5. The average molecular weight is 372 g/mol. The number of amides is 1. The molecule has 27 heavy (non-hydrogen) atoms. The van der Waals surface area contributed by atoms with Crippen molar-refractivity contribution in [3.05, 3.63) is 54.0 Å². The Balaban J connectivity index is 1.42. The SMILES string of the molecule is CC(=O)c1cccc(OC[C@@H](O)CN2CCN(C(=O)c3ccco3)CC2)c1. The lowest BCUT2D eigenvalue weighted by Crippen LogP contribution is -2.50. The topological polar surface area (TPSA) is 83.2 Å². The highest BCUT2D eigenvalue weighted by Gasteiger charge is 2.24. The molecular formula is C20H24N2O5. The van der Waals surface area contributed by atoms with Crippen LogP contribution in [0.4, 0.5) is 0 Å². The lowest BCUT2D eigenvalue weighted by Gasteiger charge is -2.35. The van der Waals surface area contributed by atoms with Crippen molar-refractivity contribution in [2.45, 2.75) is 13.0 Å². The van der Waals surface area contributed by atoms with Crippen LogP contribution in [0.2, 0.25) is 0 Å². The molecule has 0 saturated carbocycles. The van der Waals surface area contributed by atoms with Crippen LogP contribution >= 0.6 is 0 Å². The van der Waals surface area contributed by atoms with Crippen molar-refractivity contribution in [3.63, 3.8) is 0 Å². The van der Waals surface area contributed by atoms with Crippen LogP contribution in [0.15, 0.2) is 47.1 Å². The minimum atomic E-state index is -0.654. The van der Waals surface area contributed by atoms with E-state index in [1.165, 1.54) is 13.2 Å². The zero-order chi connectivity index (χ0) is 19.2. The number of hydrogen-bond acceptors (Lipinski definition) is 6. The van der Waals surface area contributed by atoms with Crippen LogP contribution in [-0.4, -0.2) is 72.0 Å². The van der Waals surface area contributed by atoms with Gasteiger partial charge in [-0.15, -0.1) is 0 Å². The Bertz CT molecular complexity index is 766. The van der Waals surface area contributed by atoms with Gasteiger partial charge in [0, 0.05) is 38.3 Å². The number of piperazine rings is 1. The third-order valence-corrected chi connectivity index (χ3v) is 4.54. The molecule has 0 unspecified atom stereocenters. The molecule has 1 atom stereocenters. The van der Waals surface area contributed by atoms with Gasteiger partial charge in [0.25, 0.3) is 5.91 Å². The van der Waals surface area contributed by atoms with E-state index in [1.54, 1.807) is 41.3 Å². The number of benzene rings is 1. The van der Waals surface area contributed by atoms with Crippen LogP contribution in [0.1, 0.15) is 27.8 Å². The van der Waals surface area contributed by atoms with E-state index in [9.17, 15) is 14.7 Å². The lowest BCUT2D eigenvalue weighted by molar-refractivity contribution is 0.0389. The molecule has 1 aliphatic rings. The molecule has 0 radical (unpaired) electrons. The Labute approximate surface area is 158 Å². The molecule has 0 spiro atoms. The summed E-state index contributed by atoms with van der Waals surface area (Å²) in [4.78, 5) is 27.5. The molecule has 1 aromatic heterocycles. The number of furan rings is 1. The summed E-state index contributed by atoms with van der Waals surface area (Å²) in [7, 11) is 0. The van der Waals surface area contributed by atoms with Gasteiger partial charge in [0.15, 0.2) is 11.5 Å². The maximum absolute atomic E-state index is 12.2. The highest BCUT2D eigenvalue weighted by Crippen LogP contribution is 2.14. The van der Waals surface area contributed by atoms with Gasteiger partial charge < -0.3 is 19.2 Å². The second-order valence-corrected chi connectivity index (χ2v) is 6.62. The first-order chi connectivity index (χ1) is 13.0. The number of nitrogens with zero attached hydrogens (tertiary/aromatic N) is 2. The Morgan fingerprint density at radius 3 is 2.63 bits per heavy atom. The van der Waals surface area contributed by atoms with E-state index < -0.39 is 6.10 Å². The van der Waals surface area contributed by atoms with Crippen molar-refractivity contribution in [2.75, 3.05) is 39.3 Å². The van der Waals surface area contributed by atoms with Crippen LogP contribution in [0.3, 0.4) is 0 Å². The Morgan fingerprint density at radius 2 is 1.96 bits per heavy atom. The molecule has 1 N–H and O–H groups in total. The molecule has 144 valence electrons. The predicted octanol–water partition coefficient (Wildman–Crippen LogP) is 1.68. The number of aliphatic hydroxyl groups excluding tert-OH is 1. The first-order valence-electron chi connectivity index (χ1n) is 9.00. The van der Waals surface area contributed by atoms with Crippen LogP contribution in [0.5, 0.6) is 5.75 Å². The molecule has 7 heteroatoms. The number of ether oxygens (including phenoxy) is 1. The zero-order valence-corrected chi connectivity index (χ0v) is 15.3. The number of carbonyl (C=O) groups excluding carboxylic acids is 2. The number of rotatable bonds is 7. The first kappa shape index (κ1) is 19.1. The van der Waals surface area contributed by atoms with Gasteiger partial charge in [-0.05, 0) is 31.2 Å². The van der Waals surface area contributed by atoms with Crippen LogP contribution in [0.25, 0.3) is 0 Å². The quantitative estimate of drug-likeness (QED) is 0.745. The summed E-state index contributed by atoms with van der Waals surface area (Å²) in [6.45, 7) is 4.67. The van der Waals surface area contributed by atoms with E-state index >= 15 is 0 Å². The van der Waals surface area contributed by atoms with Gasteiger partial charge in [0.1, 0.15) is 18.5 Å². The fourth-order valence-corrected chi connectivity index (χ4v) is 3.04. The monoisotopic (exact) mass is 372 g/mol. The van der Waals surface area contributed by atoms with Crippen LogP contribution in [0, 0.1) is 0 Å². The summed E-state index contributed by atoms with van der Waals surface area (Å²) < 4.78 is 10.8. The van der Waals surface area contributed by atoms with Gasteiger partial charge in [-0.1, -0.05) is 12.1 Å². The third kappa shape index (κ3) is 5.18. The molecule has 1 fully saturated rings. The number of aliphatic hydroxyl groups is 1. The van der Waals surface area contributed by atoms with E-state index in [-0.39, 0.29) is 18.3 Å². The van der Waals surface area contributed by atoms with Crippen molar-refractivity contribution < 1.29 is 23.8 Å². The van der Waals surface area contributed by atoms with Crippen molar-refractivity contribution >= 4 is 11.7 Å². The summed E-state index contributed by atoms with van der Waals surface area (Å²) in [6, 6.07) is 10.3. The fraction of sp³-hybridized carbons (Fsp3) is 0.400. The van der Waals surface area contributed by atoms with E-state index in [0.717, 1.165) is 0 Å². The number of ketones is 1. The number of carbonyl (C=O) groups is 2. The second kappa shape index (κ2) is 8.83. The van der Waals surface area contributed by atoms with E-state index in [1.807, 2.05) is 0 Å². The van der Waals surface area contributed by atoms with Gasteiger partial charge in [0.2, 0.25) is 0 Å². The zero-order valence-electron chi connectivity index (χ0n) is 15.3. The van der Waals surface area contributed by atoms with Gasteiger partial charge in [-0.25, -0.2) is 0 Å². The summed E-state index contributed by atoms with van der Waals surface area (Å²) in [5.74, 6) is 0.789. The van der Waals surface area contributed by atoms with Crippen LogP contribution in [-0.2, 0) is 0 Å². The molecular weight excluding hydrogens is 348 g/mol. The third-order valence-electron chi connectivity index (χ3n) is 4.54. The summed E-state index contributed by atoms with van der Waals surface area (Å²) in [5, 5.41) is 10.2. The second-order valence-electron chi connectivity index (χ2n) is 6.62. The molecule has 3 rings (SSSR count). The maximum Gasteiger partial charge on any atom is 0.289 e. The number of Topliss-reactive ketones (excluding diaryl/α,β-unsaturated/α-hetero) is 1. The molecule has 1 amide bonds. The average Bonchev–Trinajstić information content (AvgIpc) is 3.21.